The SMILES string of the molecule is COc1cc(CN2CCN(C(=O)c3ccc([N+](=O)[O-])cc3)CC2)cc(OC)c1O. The quantitative estimate of drug-likeness (QED) is 0.585. The number of ether oxygens (including phenoxy) is 2. The minimum absolute atomic E-state index is 0.0303. The number of aromatic hydroxyl groups is 1. The van der Waals surface area contributed by atoms with Gasteiger partial charge in [-0.15, -0.1) is 0 Å². The Balaban J connectivity index is 1.60. The van der Waals surface area contributed by atoms with Crippen LogP contribution in [0, 0.1) is 10.1 Å². The van der Waals surface area contributed by atoms with E-state index in [1.54, 1.807) is 17.0 Å². The molecule has 0 radical (unpaired) electrons. The largest absolute Gasteiger partial charge is 0.502 e. The number of carbonyl (C=O) groups excluding carboxylic acids is 1. The van der Waals surface area contributed by atoms with Crippen molar-refractivity contribution in [1.82, 2.24) is 9.80 Å². The maximum absolute atomic E-state index is 12.6. The van der Waals surface area contributed by atoms with Crippen molar-refractivity contribution >= 4 is 11.6 Å². The third kappa shape index (κ3) is 4.57. The lowest BCUT2D eigenvalue weighted by Gasteiger charge is -2.35. The molecule has 2 aromatic rings. The van der Waals surface area contributed by atoms with Crippen LogP contribution in [0.25, 0.3) is 0 Å². The zero-order valence-corrected chi connectivity index (χ0v) is 16.3. The van der Waals surface area contributed by atoms with E-state index >= 15 is 0 Å². The van der Waals surface area contributed by atoms with Gasteiger partial charge in [0.2, 0.25) is 5.75 Å². The first kappa shape index (κ1) is 20.4. The van der Waals surface area contributed by atoms with Crippen LogP contribution < -0.4 is 9.47 Å². The Kier molecular flexibility index (Phi) is 6.18. The minimum Gasteiger partial charge on any atom is -0.502 e. The van der Waals surface area contributed by atoms with Gasteiger partial charge in [0.05, 0.1) is 19.1 Å². The molecule has 0 unspecified atom stereocenters. The Morgan fingerprint density at radius 2 is 1.62 bits per heavy atom. The normalized spacial score (nSPS) is 14.5. The summed E-state index contributed by atoms with van der Waals surface area (Å²) < 4.78 is 10.4. The molecule has 1 amide bonds. The molecule has 1 saturated heterocycles. The molecule has 29 heavy (non-hydrogen) atoms. The third-order valence-corrected chi connectivity index (χ3v) is 4.93. The first-order valence-corrected chi connectivity index (χ1v) is 9.13. The van der Waals surface area contributed by atoms with Crippen molar-refractivity contribution in [1.29, 1.82) is 0 Å². The number of methoxy groups -OCH3 is 2. The van der Waals surface area contributed by atoms with E-state index in [0.717, 1.165) is 5.56 Å². The molecule has 1 aliphatic heterocycles. The maximum atomic E-state index is 12.6. The first-order chi connectivity index (χ1) is 13.9. The molecule has 0 atom stereocenters. The van der Waals surface area contributed by atoms with Gasteiger partial charge in [-0.3, -0.25) is 19.8 Å². The van der Waals surface area contributed by atoms with Gasteiger partial charge < -0.3 is 19.5 Å². The Morgan fingerprint density at radius 3 is 2.10 bits per heavy atom. The standard InChI is InChI=1S/C20H23N3O6/c1-28-17-11-14(12-18(29-2)19(17)24)13-21-7-9-22(10-8-21)20(25)15-3-5-16(6-4-15)23(26)27/h3-6,11-12,24H,7-10,13H2,1-2H3. The molecular weight excluding hydrogens is 378 g/mol. The summed E-state index contributed by atoms with van der Waals surface area (Å²) >= 11 is 0. The molecule has 0 aliphatic carbocycles. The van der Waals surface area contributed by atoms with Crippen molar-refractivity contribution in [2.45, 2.75) is 6.54 Å². The number of phenolic OH excluding ortho intramolecular Hbond substituents is 1. The van der Waals surface area contributed by atoms with Gasteiger partial charge >= 0.3 is 0 Å². The number of piperazine rings is 1. The molecule has 1 fully saturated rings. The molecule has 9 nitrogen and oxygen atoms in total. The van der Waals surface area contributed by atoms with E-state index in [9.17, 15) is 20.0 Å². The summed E-state index contributed by atoms with van der Waals surface area (Å²) in [6.07, 6.45) is 0. The second kappa shape index (κ2) is 8.78. The molecule has 9 heteroatoms. The number of hydrogen-bond donors (Lipinski definition) is 1. The number of benzene rings is 2. The van der Waals surface area contributed by atoms with Crippen LogP contribution in [0.4, 0.5) is 5.69 Å². The number of amides is 1. The Morgan fingerprint density at radius 1 is 1.07 bits per heavy atom. The van der Waals surface area contributed by atoms with Gasteiger partial charge in [-0.2, -0.15) is 0 Å². The van der Waals surface area contributed by atoms with Crippen molar-refractivity contribution in [3.63, 3.8) is 0 Å². The van der Waals surface area contributed by atoms with E-state index in [2.05, 4.69) is 4.90 Å². The number of hydrogen-bond acceptors (Lipinski definition) is 7. The summed E-state index contributed by atoms with van der Waals surface area (Å²) in [5.41, 5.74) is 1.34. The topological polar surface area (TPSA) is 105 Å². The molecule has 1 heterocycles. The van der Waals surface area contributed by atoms with Crippen molar-refractivity contribution < 1.29 is 24.3 Å². The predicted molar refractivity (Wildman–Crippen MR) is 105 cm³/mol. The monoisotopic (exact) mass is 401 g/mol. The number of nitro benzene ring substituents is 1. The fraction of sp³-hybridized carbons (Fsp3) is 0.350. The van der Waals surface area contributed by atoms with Crippen molar-refractivity contribution in [2.24, 2.45) is 0 Å². The Labute approximate surface area is 168 Å². The summed E-state index contributed by atoms with van der Waals surface area (Å²) in [6.45, 7) is 3.12. The third-order valence-electron chi connectivity index (χ3n) is 4.93. The van der Waals surface area contributed by atoms with Gasteiger partial charge in [-0.25, -0.2) is 0 Å². The molecule has 154 valence electrons. The summed E-state index contributed by atoms with van der Waals surface area (Å²) in [5, 5.41) is 20.8. The van der Waals surface area contributed by atoms with Crippen molar-refractivity contribution in [3.8, 4) is 17.2 Å². The van der Waals surface area contributed by atoms with Gasteiger partial charge in [0.25, 0.3) is 11.6 Å². The van der Waals surface area contributed by atoms with E-state index in [1.165, 1.54) is 38.5 Å². The van der Waals surface area contributed by atoms with Crippen LogP contribution in [-0.4, -0.2) is 66.1 Å². The highest BCUT2D eigenvalue weighted by Gasteiger charge is 2.23. The Hall–Kier alpha value is -3.33. The number of carbonyl (C=O) groups is 1. The highest BCUT2D eigenvalue weighted by atomic mass is 16.6. The molecule has 3 rings (SSSR count). The molecule has 0 bridgehead atoms. The second-order valence-corrected chi connectivity index (χ2v) is 6.72. The van der Waals surface area contributed by atoms with Crippen LogP contribution in [-0.2, 0) is 6.54 Å². The molecule has 0 saturated carbocycles. The smallest absolute Gasteiger partial charge is 0.269 e. The number of phenols is 1. The lowest BCUT2D eigenvalue weighted by molar-refractivity contribution is -0.384. The Bertz CT molecular complexity index is 867. The minimum atomic E-state index is -0.486. The van der Waals surface area contributed by atoms with Crippen LogP contribution >= 0.6 is 0 Å². The number of nitrogens with zero attached hydrogens (tertiary/aromatic N) is 3. The molecule has 2 aromatic carbocycles. The van der Waals surface area contributed by atoms with Crippen molar-refractivity contribution in [2.75, 3.05) is 40.4 Å². The molecular formula is C20H23N3O6. The van der Waals surface area contributed by atoms with E-state index in [0.29, 0.717) is 49.8 Å². The molecule has 1 aliphatic rings. The summed E-state index contributed by atoms with van der Waals surface area (Å²) in [5.74, 6) is 0.544. The van der Waals surface area contributed by atoms with Crippen LogP contribution in [0.5, 0.6) is 17.2 Å². The van der Waals surface area contributed by atoms with Gasteiger partial charge in [0, 0.05) is 50.4 Å². The van der Waals surface area contributed by atoms with Crippen LogP contribution in [0.1, 0.15) is 15.9 Å². The van der Waals surface area contributed by atoms with Gasteiger partial charge in [0.1, 0.15) is 0 Å². The number of rotatable bonds is 6. The lowest BCUT2D eigenvalue weighted by Crippen LogP contribution is -2.48. The zero-order chi connectivity index (χ0) is 21.0. The van der Waals surface area contributed by atoms with E-state index in [-0.39, 0.29) is 17.3 Å². The van der Waals surface area contributed by atoms with Crippen LogP contribution in [0.2, 0.25) is 0 Å². The first-order valence-electron chi connectivity index (χ1n) is 9.13. The molecule has 1 N–H and O–H groups in total. The summed E-state index contributed by atoms with van der Waals surface area (Å²) in [7, 11) is 2.97. The molecule has 0 spiro atoms. The molecule has 0 aromatic heterocycles. The average Bonchev–Trinajstić information content (AvgIpc) is 2.75. The number of nitro groups is 1. The maximum Gasteiger partial charge on any atom is 0.269 e. The highest BCUT2D eigenvalue weighted by Crippen LogP contribution is 2.37. The fourth-order valence-electron chi connectivity index (χ4n) is 3.31. The zero-order valence-electron chi connectivity index (χ0n) is 16.3. The number of non-ortho nitro benzene ring substituents is 1. The van der Waals surface area contributed by atoms with Crippen molar-refractivity contribution in [3.05, 3.63) is 57.6 Å². The predicted octanol–water partition coefficient (Wildman–Crippen LogP) is 2.28. The van der Waals surface area contributed by atoms with Gasteiger partial charge in [-0.05, 0) is 29.8 Å². The fourth-order valence-corrected chi connectivity index (χ4v) is 3.31. The van der Waals surface area contributed by atoms with Crippen LogP contribution in [0.3, 0.4) is 0 Å². The van der Waals surface area contributed by atoms with Gasteiger partial charge in [0.15, 0.2) is 11.5 Å². The summed E-state index contributed by atoms with van der Waals surface area (Å²) in [4.78, 5) is 26.8. The summed E-state index contributed by atoms with van der Waals surface area (Å²) in [6, 6.07) is 9.20. The average molecular weight is 401 g/mol. The lowest BCUT2D eigenvalue weighted by atomic mass is 10.1. The second-order valence-electron chi connectivity index (χ2n) is 6.72. The highest BCUT2D eigenvalue weighted by molar-refractivity contribution is 5.94. The van der Waals surface area contributed by atoms with Gasteiger partial charge in [-0.1, -0.05) is 0 Å². The van der Waals surface area contributed by atoms with E-state index < -0.39 is 4.92 Å². The van der Waals surface area contributed by atoms with E-state index in [4.69, 9.17) is 9.47 Å². The van der Waals surface area contributed by atoms with Crippen LogP contribution in [0.15, 0.2) is 36.4 Å². The van der Waals surface area contributed by atoms with E-state index in [1.807, 2.05) is 0 Å².